The largest absolute Gasteiger partial charge is 0.493 e. The van der Waals surface area contributed by atoms with Crippen LogP contribution in [0.4, 0.5) is 0 Å². The van der Waals surface area contributed by atoms with E-state index in [-0.39, 0.29) is 18.0 Å². The monoisotopic (exact) mass is 681 g/mol. The molecule has 0 aliphatic heterocycles. The fourth-order valence-corrected chi connectivity index (χ4v) is 5.47. The van der Waals surface area contributed by atoms with Crippen LogP contribution < -0.4 is 15.0 Å². The van der Waals surface area contributed by atoms with E-state index in [0.29, 0.717) is 54.4 Å². The van der Waals surface area contributed by atoms with Crippen LogP contribution in [0.25, 0.3) is 33.5 Å². The van der Waals surface area contributed by atoms with Crippen LogP contribution in [-0.2, 0) is 6.61 Å². The van der Waals surface area contributed by atoms with Crippen LogP contribution in [0.5, 0.6) is 11.5 Å². The molecule has 0 aliphatic rings. The molecule has 0 atom stereocenters. The van der Waals surface area contributed by atoms with E-state index in [1.54, 1.807) is 48.5 Å². The van der Waals surface area contributed by atoms with Crippen molar-refractivity contribution in [2.45, 2.75) is 6.61 Å². The molecule has 11 heteroatoms. The van der Waals surface area contributed by atoms with Crippen LogP contribution in [0, 0.1) is 0 Å². The zero-order chi connectivity index (χ0) is 29.4. The van der Waals surface area contributed by atoms with Gasteiger partial charge in [-0.3, -0.25) is 4.79 Å². The lowest BCUT2D eigenvalue weighted by atomic mass is 10.2. The summed E-state index contributed by atoms with van der Waals surface area (Å²) in [5, 5.41) is 7.16. The molecule has 42 heavy (non-hydrogen) atoms. The summed E-state index contributed by atoms with van der Waals surface area (Å²) in [5.74, 6) is 1.34. The average molecular weight is 684 g/mol. The Hall–Kier alpha value is -3.82. The van der Waals surface area contributed by atoms with Crippen molar-refractivity contribution in [3.8, 4) is 23.1 Å². The van der Waals surface area contributed by atoms with Gasteiger partial charge < -0.3 is 13.9 Å². The fourth-order valence-electron chi connectivity index (χ4n) is 4.41. The van der Waals surface area contributed by atoms with E-state index in [1.807, 2.05) is 30.3 Å². The lowest BCUT2D eigenvalue weighted by Crippen LogP contribution is -2.20. The summed E-state index contributed by atoms with van der Waals surface area (Å²) in [6, 6.07) is 22.9. The number of hydrogen-bond acceptors (Lipinski definition) is 6. The maximum Gasteiger partial charge on any atom is 0.282 e. The van der Waals surface area contributed by atoms with Crippen molar-refractivity contribution in [3.63, 3.8) is 0 Å². The summed E-state index contributed by atoms with van der Waals surface area (Å²) < 4.78 is 19.9. The Kier molecular flexibility index (Phi) is 7.96. The second-order valence-electron chi connectivity index (χ2n) is 9.16. The quantitative estimate of drug-likeness (QED) is 0.157. The predicted molar refractivity (Wildman–Crippen MR) is 171 cm³/mol. The standard InChI is InChI=1S/C31H19BrCl3N3O4/c1-40-27-14-22(34)11-19(29(27)41-16-17-6-8-21(33)13-24(17)35)15-36-38-30(37-25-5-3-2-4-23(25)31(38)39)28-12-18-10-20(32)7-9-26(18)42-28/h2-15H,16H2,1H3. The number of benzene rings is 4. The van der Waals surface area contributed by atoms with E-state index < -0.39 is 0 Å². The minimum atomic E-state index is -0.377. The third kappa shape index (κ3) is 5.63. The molecule has 2 aromatic heterocycles. The number of nitrogens with zero attached hydrogens (tertiary/aromatic N) is 3. The average Bonchev–Trinajstić information content (AvgIpc) is 3.39. The first-order chi connectivity index (χ1) is 20.3. The summed E-state index contributed by atoms with van der Waals surface area (Å²) >= 11 is 22.3. The molecule has 210 valence electrons. The molecule has 2 heterocycles. The molecular weight excluding hydrogens is 665 g/mol. The molecule has 0 unspecified atom stereocenters. The molecule has 6 rings (SSSR count). The maximum atomic E-state index is 13.7. The van der Waals surface area contributed by atoms with Gasteiger partial charge in [-0.05, 0) is 54.6 Å². The molecule has 7 nitrogen and oxygen atoms in total. The van der Waals surface area contributed by atoms with Crippen LogP contribution in [-0.4, -0.2) is 23.0 Å². The summed E-state index contributed by atoms with van der Waals surface area (Å²) in [7, 11) is 1.50. The van der Waals surface area contributed by atoms with Crippen molar-refractivity contribution < 1.29 is 13.9 Å². The fraction of sp³-hybridized carbons (Fsp3) is 0.0645. The molecule has 0 N–H and O–H groups in total. The SMILES string of the molecule is COc1cc(Cl)cc(C=Nn2c(-c3cc4cc(Br)ccc4o3)nc3ccccc3c2=O)c1OCc1ccc(Cl)cc1Cl. The number of halogens is 4. The lowest BCUT2D eigenvalue weighted by Gasteiger charge is -2.15. The molecule has 6 aromatic rings. The van der Waals surface area contributed by atoms with Gasteiger partial charge in [-0.2, -0.15) is 9.78 Å². The topological polar surface area (TPSA) is 78.9 Å². The van der Waals surface area contributed by atoms with Gasteiger partial charge in [-0.25, -0.2) is 4.98 Å². The Morgan fingerprint density at radius 3 is 2.64 bits per heavy atom. The summed E-state index contributed by atoms with van der Waals surface area (Å²) in [6.45, 7) is 0.117. The Bertz CT molecular complexity index is 2070. The molecule has 0 aliphatic carbocycles. The van der Waals surface area contributed by atoms with E-state index in [1.165, 1.54) is 18.0 Å². The van der Waals surface area contributed by atoms with Crippen molar-refractivity contribution in [2.75, 3.05) is 7.11 Å². The van der Waals surface area contributed by atoms with Crippen LogP contribution in [0.3, 0.4) is 0 Å². The number of methoxy groups -OCH3 is 1. The van der Waals surface area contributed by atoms with E-state index in [0.717, 1.165) is 15.4 Å². The lowest BCUT2D eigenvalue weighted by molar-refractivity contribution is 0.284. The van der Waals surface area contributed by atoms with E-state index in [9.17, 15) is 4.79 Å². The first-order valence-electron chi connectivity index (χ1n) is 12.5. The van der Waals surface area contributed by atoms with Crippen molar-refractivity contribution >= 4 is 78.8 Å². The Labute approximate surface area is 263 Å². The highest BCUT2D eigenvalue weighted by molar-refractivity contribution is 9.10. The number of hydrogen-bond donors (Lipinski definition) is 0. The molecule has 0 saturated heterocycles. The van der Waals surface area contributed by atoms with E-state index >= 15 is 0 Å². The number of ether oxygens (including phenoxy) is 2. The van der Waals surface area contributed by atoms with Gasteiger partial charge in [0.2, 0.25) is 5.82 Å². The third-order valence-corrected chi connectivity index (χ3v) is 7.72. The van der Waals surface area contributed by atoms with Crippen LogP contribution in [0.2, 0.25) is 15.1 Å². The van der Waals surface area contributed by atoms with Crippen LogP contribution >= 0.6 is 50.7 Å². The van der Waals surface area contributed by atoms with Gasteiger partial charge in [0.25, 0.3) is 5.56 Å². The van der Waals surface area contributed by atoms with Gasteiger partial charge in [0.1, 0.15) is 12.2 Å². The molecule has 4 aromatic carbocycles. The first-order valence-corrected chi connectivity index (χ1v) is 14.4. The van der Waals surface area contributed by atoms with Crippen molar-refractivity contribution in [1.29, 1.82) is 0 Å². The van der Waals surface area contributed by atoms with Crippen LogP contribution in [0.1, 0.15) is 11.1 Å². The van der Waals surface area contributed by atoms with E-state index in [4.69, 9.17) is 53.7 Å². The Balaban J connectivity index is 1.47. The number of para-hydroxylation sites is 1. The molecule has 0 radical (unpaired) electrons. The van der Waals surface area contributed by atoms with Gasteiger partial charge >= 0.3 is 0 Å². The summed E-state index contributed by atoms with van der Waals surface area (Å²) in [4.78, 5) is 18.5. The zero-order valence-corrected chi connectivity index (χ0v) is 25.6. The van der Waals surface area contributed by atoms with Gasteiger partial charge in [0.05, 0.1) is 24.2 Å². The second-order valence-corrected chi connectivity index (χ2v) is 11.4. The van der Waals surface area contributed by atoms with Crippen molar-refractivity contribution in [1.82, 2.24) is 9.66 Å². The summed E-state index contributed by atoms with van der Waals surface area (Å²) in [5.41, 5.74) is 1.96. The Morgan fingerprint density at radius 1 is 1.00 bits per heavy atom. The highest BCUT2D eigenvalue weighted by atomic mass is 79.9. The van der Waals surface area contributed by atoms with Gasteiger partial charge in [0.15, 0.2) is 17.3 Å². The van der Waals surface area contributed by atoms with Crippen LogP contribution in [0.15, 0.2) is 97.6 Å². The molecular formula is C31H19BrCl3N3O4. The number of rotatable bonds is 7. The summed E-state index contributed by atoms with van der Waals surface area (Å²) in [6.07, 6.45) is 1.47. The van der Waals surface area contributed by atoms with Gasteiger partial charge in [-0.15, -0.1) is 0 Å². The first kappa shape index (κ1) is 28.3. The van der Waals surface area contributed by atoms with Gasteiger partial charge in [-0.1, -0.05) is 68.9 Å². The smallest absolute Gasteiger partial charge is 0.282 e. The van der Waals surface area contributed by atoms with Crippen molar-refractivity contribution in [3.05, 3.63) is 120 Å². The highest BCUT2D eigenvalue weighted by Gasteiger charge is 2.18. The zero-order valence-electron chi connectivity index (χ0n) is 21.8. The second kappa shape index (κ2) is 11.8. The minimum Gasteiger partial charge on any atom is -0.493 e. The Morgan fingerprint density at radius 2 is 1.83 bits per heavy atom. The highest BCUT2D eigenvalue weighted by Crippen LogP contribution is 2.35. The normalized spacial score (nSPS) is 11.5. The molecule has 0 saturated carbocycles. The van der Waals surface area contributed by atoms with Crippen molar-refractivity contribution in [2.24, 2.45) is 5.10 Å². The van der Waals surface area contributed by atoms with Gasteiger partial charge in [0, 0.05) is 42.1 Å². The van der Waals surface area contributed by atoms with E-state index in [2.05, 4.69) is 21.0 Å². The molecule has 0 amide bonds. The predicted octanol–water partition coefficient (Wildman–Crippen LogP) is 9.00. The minimum absolute atomic E-state index is 0.117. The third-order valence-electron chi connectivity index (χ3n) is 6.42. The number of furan rings is 1. The molecule has 0 fully saturated rings. The number of aromatic nitrogens is 2. The number of fused-ring (bicyclic) bond motifs is 2. The molecule has 0 spiro atoms. The maximum absolute atomic E-state index is 13.7. The molecule has 0 bridgehead atoms.